The van der Waals surface area contributed by atoms with Crippen LogP contribution in [0.1, 0.15) is 11.4 Å². The molecule has 4 aromatic heterocycles. The molecule has 0 bridgehead atoms. The van der Waals surface area contributed by atoms with Crippen molar-refractivity contribution in [3.8, 4) is 16.9 Å². The van der Waals surface area contributed by atoms with Crippen LogP contribution in [0.4, 0.5) is 5.82 Å². The minimum absolute atomic E-state index is 0.387. The second kappa shape index (κ2) is 9.76. The molecule has 0 atom stereocenters. The fraction of sp³-hybridized carbons (Fsp3) is 0.214. The first-order valence-corrected chi connectivity index (χ1v) is 12.9. The van der Waals surface area contributed by atoms with Gasteiger partial charge in [-0.25, -0.2) is 19.9 Å². The Morgan fingerprint density at radius 3 is 2.54 bits per heavy atom. The summed E-state index contributed by atoms with van der Waals surface area (Å²) in [5, 5.41) is 10.8. The largest absolute Gasteiger partial charge is 0.378 e. The minimum Gasteiger partial charge on any atom is -0.378 e. The average Bonchev–Trinajstić information content (AvgIpc) is 3.62. The van der Waals surface area contributed by atoms with Gasteiger partial charge in [-0.05, 0) is 47.5 Å². The molecule has 11 nitrogen and oxygen atoms in total. The fourth-order valence-electron chi connectivity index (χ4n) is 4.99. The van der Waals surface area contributed by atoms with Crippen molar-refractivity contribution in [2.24, 2.45) is 0 Å². The van der Waals surface area contributed by atoms with Gasteiger partial charge in [0.15, 0.2) is 11.5 Å². The number of tetrazole rings is 1. The second-order valence-corrected chi connectivity index (χ2v) is 9.45. The van der Waals surface area contributed by atoms with E-state index in [0.29, 0.717) is 18.9 Å². The SMILES string of the molecule is O=c1[nH]nnn1-c1ccc(-c2cnc(N3CCOCC3)c3nc(CCc4ccc5ccccc5n4)cn23)cc1. The van der Waals surface area contributed by atoms with Crippen LogP contribution < -0.4 is 10.6 Å². The van der Waals surface area contributed by atoms with Gasteiger partial charge in [0, 0.05) is 35.9 Å². The fourth-order valence-corrected chi connectivity index (χ4v) is 4.99. The predicted molar refractivity (Wildman–Crippen MR) is 146 cm³/mol. The summed E-state index contributed by atoms with van der Waals surface area (Å²) in [5.74, 6) is 0.850. The quantitative estimate of drug-likeness (QED) is 0.357. The van der Waals surface area contributed by atoms with E-state index in [2.05, 4.69) is 49.2 Å². The van der Waals surface area contributed by atoms with Gasteiger partial charge in [0.1, 0.15) is 0 Å². The van der Waals surface area contributed by atoms with E-state index in [4.69, 9.17) is 19.7 Å². The maximum Gasteiger partial charge on any atom is 0.365 e. The molecule has 6 aromatic rings. The van der Waals surface area contributed by atoms with Crippen molar-refractivity contribution in [1.82, 2.24) is 39.6 Å². The smallest absolute Gasteiger partial charge is 0.365 e. The Hall–Kier alpha value is -4.90. The molecule has 1 fully saturated rings. The number of anilines is 1. The number of nitrogens with zero attached hydrogens (tertiary/aromatic N) is 8. The van der Waals surface area contributed by atoms with E-state index in [1.807, 2.05) is 48.7 Å². The number of pyridine rings is 1. The van der Waals surface area contributed by atoms with Crippen LogP contribution in [0.3, 0.4) is 0 Å². The number of imidazole rings is 1. The van der Waals surface area contributed by atoms with Gasteiger partial charge in [-0.1, -0.05) is 36.4 Å². The summed E-state index contributed by atoms with van der Waals surface area (Å²) in [4.78, 5) is 28.9. The Bertz CT molecular complexity index is 1830. The maximum absolute atomic E-state index is 11.9. The number of hydrogen-bond acceptors (Lipinski definition) is 8. The van der Waals surface area contributed by atoms with Gasteiger partial charge in [-0.2, -0.15) is 4.68 Å². The Morgan fingerprint density at radius 1 is 0.897 bits per heavy atom. The summed E-state index contributed by atoms with van der Waals surface area (Å²) in [6, 6.07) is 19.9. The Morgan fingerprint density at radius 2 is 1.72 bits per heavy atom. The zero-order valence-electron chi connectivity index (χ0n) is 21.1. The highest BCUT2D eigenvalue weighted by Crippen LogP contribution is 2.28. The van der Waals surface area contributed by atoms with Crippen LogP contribution in [0.2, 0.25) is 0 Å². The summed E-state index contributed by atoms with van der Waals surface area (Å²) >= 11 is 0. The van der Waals surface area contributed by atoms with E-state index in [0.717, 1.165) is 70.9 Å². The third kappa shape index (κ3) is 4.42. The number of ether oxygens (including phenoxy) is 1. The van der Waals surface area contributed by atoms with Crippen LogP contribution in [-0.2, 0) is 17.6 Å². The number of H-pyrrole nitrogens is 1. The highest BCUT2D eigenvalue weighted by molar-refractivity contribution is 5.78. The number of aromatic nitrogens is 8. The third-order valence-corrected chi connectivity index (χ3v) is 7.01. The van der Waals surface area contributed by atoms with E-state index >= 15 is 0 Å². The van der Waals surface area contributed by atoms with E-state index in [-0.39, 0.29) is 5.69 Å². The molecule has 0 aliphatic carbocycles. The van der Waals surface area contributed by atoms with Gasteiger partial charge in [0.2, 0.25) is 0 Å². The van der Waals surface area contributed by atoms with E-state index < -0.39 is 0 Å². The first kappa shape index (κ1) is 23.2. The van der Waals surface area contributed by atoms with Crippen LogP contribution in [0.25, 0.3) is 33.5 Å². The van der Waals surface area contributed by atoms with E-state index in [1.54, 1.807) is 0 Å². The summed E-state index contributed by atoms with van der Waals surface area (Å²) < 4.78 is 8.89. The lowest BCUT2D eigenvalue weighted by Gasteiger charge is -2.28. The van der Waals surface area contributed by atoms with Crippen molar-refractivity contribution in [2.75, 3.05) is 31.2 Å². The van der Waals surface area contributed by atoms with Crippen molar-refractivity contribution in [3.05, 3.63) is 94.9 Å². The molecule has 2 aromatic carbocycles. The molecule has 0 saturated carbocycles. The molecular formula is C28H25N9O2. The molecule has 11 heteroatoms. The third-order valence-electron chi connectivity index (χ3n) is 7.01. The average molecular weight is 520 g/mol. The first-order valence-electron chi connectivity index (χ1n) is 12.9. The molecule has 1 saturated heterocycles. The number of rotatable bonds is 6. The van der Waals surface area contributed by atoms with Gasteiger partial charge in [0.25, 0.3) is 0 Å². The van der Waals surface area contributed by atoms with Crippen molar-refractivity contribution in [3.63, 3.8) is 0 Å². The molecular weight excluding hydrogens is 494 g/mol. The van der Waals surface area contributed by atoms with Crippen molar-refractivity contribution < 1.29 is 4.74 Å². The number of morpholine rings is 1. The molecule has 0 unspecified atom stereocenters. The van der Waals surface area contributed by atoms with Crippen LogP contribution in [0.15, 0.2) is 77.9 Å². The number of benzene rings is 2. The lowest BCUT2D eigenvalue weighted by molar-refractivity contribution is 0.122. The standard InChI is InChI=1S/C28H25N9O2/c38-28-32-33-34-37(28)23-11-6-20(7-12-23)25-17-29-26(35-13-15-39-16-14-35)27-31-22(18-36(25)27)10-9-21-8-5-19-3-1-2-4-24(19)30-21/h1-8,11-12,17-18H,9-10,13-16H2,(H,32,34,38). The molecule has 7 rings (SSSR count). The van der Waals surface area contributed by atoms with Gasteiger partial charge >= 0.3 is 5.69 Å². The van der Waals surface area contributed by atoms with Crippen molar-refractivity contribution >= 4 is 22.4 Å². The predicted octanol–water partition coefficient (Wildman–Crippen LogP) is 2.84. The monoisotopic (exact) mass is 519 g/mol. The number of nitrogens with one attached hydrogen (secondary N) is 1. The Kier molecular flexibility index (Phi) is 5.82. The molecule has 1 aliphatic rings. The van der Waals surface area contributed by atoms with Gasteiger partial charge in [0.05, 0.1) is 42.0 Å². The minimum atomic E-state index is -0.387. The summed E-state index contributed by atoms with van der Waals surface area (Å²) in [5.41, 5.74) is 5.92. The zero-order valence-corrected chi connectivity index (χ0v) is 21.1. The molecule has 194 valence electrons. The number of fused-ring (bicyclic) bond motifs is 2. The number of aryl methyl sites for hydroxylation is 2. The Balaban J connectivity index is 1.24. The van der Waals surface area contributed by atoms with Crippen LogP contribution >= 0.6 is 0 Å². The number of aromatic amines is 1. The van der Waals surface area contributed by atoms with Crippen molar-refractivity contribution in [1.29, 1.82) is 0 Å². The summed E-state index contributed by atoms with van der Waals surface area (Å²) in [6.07, 6.45) is 5.51. The maximum atomic E-state index is 11.9. The lowest BCUT2D eigenvalue weighted by atomic mass is 10.1. The lowest BCUT2D eigenvalue weighted by Crippen LogP contribution is -2.37. The highest BCUT2D eigenvalue weighted by atomic mass is 16.5. The van der Waals surface area contributed by atoms with Crippen LogP contribution in [0.5, 0.6) is 0 Å². The Labute approximate surface area is 222 Å². The molecule has 0 amide bonds. The molecule has 0 spiro atoms. The first-order chi connectivity index (χ1) is 19.2. The normalized spacial score (nSPS) is 13.9. The van der Waals surface area contributed by atoms with E-state index in [1.165, 1.54) is 4.68 Å². The molecule has 5 heterocycles. The van der Waals surface area contributed by atoms with Crippen LogP contribution in [0, 0.1) is 0 Å². The van der Waals surface area contributed by atoms with Crippen molar-refractivity contribution in [2.45, 2.75) is 12.8 Å². The van der Waals surface area contributed by atoms with Gasteiger partial charge in [-0.3, -0.25) is 9.38 Å². The number of hydrogen-bond donors (Lipinski definition) is 1. The zero-order chi connectivity index (χ0) is 26.2. The van der Waals surface area contributed by atoms with Gasteiger partial charge < -0.3 is 9.64 Å². The molecule has 39 heavy (non-hydrogen) atoms. The summed E-state index contributed by atoms with van der Waals surface area (Å²) in [6.45, 7) is 2.87. The molecule has 1 N–H and O–H groups in total. The van der Waals surface area contributed by atoms with Gasteiger partial charge in [-0.15, -0.1) is 0 Å². The second-order valence-electron chi connectivity index (χ2n) is 9.45. The molecule has 0 radical (unpaired) electrons. The topological polar surface area (TPSA) is 119 Å². The van der Waals surface area contributed by atoms with Crippen LogP contribution in [-0.4, -0.2) is 65.9 Å². The molecule has 1 aliphatic heterocycles. The highest BCUT2D eigenvalue weighted by Gasteiger charge is 2.20. The summed E-state index contributed by atoms with van der Waals surface area (Å²) in [7, 11) is 0. The number of para-hydroxylation sites is 1. The van der Waals surface area contributed by atoms with E-state index in [9.17, 15) is 4.79 Å².